The molecular weight excluding hydrogens is 353 g/mol. The summed E-state index contributed by atoms with van der Waals surface area (Å²) in [5, 5.41) is 2.32. The molecule has 1 rings (SSSR count). The van der Waals surface area contributed by atoms with Crippen LogP contribution < -0.4 is 5.32 Å². The monoisotopic (exact) mass is 375 g/mol. The van der Waals surface area contributed by atoms with Crippen molar-refractivity contribution in [3.05, 3.63) is 23.0 Å². The van der Waals surface area contributed by atoms with E-state index in [-0.39, 0.29) is 22.6 Å². The number of ether oxygens (including phenoxy) is 1. The normalized spacial score (nSPS) is 11.9. The summed E-state index contributed by atoms with van der Waals surface area (Å²) in [6.45, 7) is 5.88. The molecule has 0 radical (unpaired) electrons. The number of benzene rings is 1. The van der Waals surface area contributed by atoms with Crippen molar-refractivity contribution in [1.29, 1.82) is 0 Å². The van der Waals surface area contributed by atoms with Crippen LogP contribution in [0.15, 0.2) is 17.0 Å². The van der Waals surface area contributed by atoms with Crippen LogP contribution in [-0.2, 0) is 14.3 Å². The molecule has 7 heteroatoms. The van der Waals surface area contributed by atoms with Crippen molar-refractivity contribution in [3.8, 4) is 0 Å². The summed E-state index contributed by atoms with van der Waals surface area (Å²) in [4.78, 5) is 24.2. The Bertz CT molecular complexity index is 583. The summed E-state index contributed by atoms with van der Waals surface area (Å²) in [5.74, 6) is -1.18. The molecule has 0 fully saturated rings. The highest BCUT2D eigenvalue weighted by Crippen LogP contribution is 2.35. The average molecular weight is 376 g/mol. The van der Waals surface area contributed by atoms with Gasteiger partial charge in [-0.2, -0.15) is 0 Å². The van der Waals surface area contributed by atoms with E-state index in [0.29, 0.717) is 24.3 Å². The van der Waals surface area contributed by atoms with Crippen molar-refractivity contribution in [3.63, 3.8) is 0 Å². The third-order valence-corrected chi connectivity index (χ3v) is 5.07. The molecule has 0 heterocycles. The van der Waals surface area contributed by atoms with E-state index in [1.807, 2.05) is 13.8 Å². The first-order chi connectivity index (χ1) is 11.4. The highest BCUT2D eigenvalue weighted by molar-refractivity contribution is 8.00. The van der Waals surface area contributed by atoms with Crippen LogP contribution in [0.3, 0.4) is 0 Å². The summed E-state index contributed by atoms with van der Waals surface area (Å²) in [7, 11) is 0. The predicted molar refractivity (Wildman–Crippen MR) is 96.1 cm³/mol. The smallest absolute Gasteiger partial charge is 0.319 e. The maximum Gasteiger partial charge on any atom is 0.319 e. The SMILES string of the molecule is CCCCC(=O)Nc1cc(SC(CC)C(=O)OCC)c(Cl)cc1F. The van der Waals surface area contributed by atoms with E-state index in [2.05, 4.69) is 5.32 Å². The Kier molecular flexibility index (Phi) is 9.14. The van der Waals surface area contributed by atoms with Crippen molar-refractivity contribution in [2.24, 2.45) is 0 Å². The van der Waals surface area contributed by atoms with Gasteiger partial charge in [-0.3, -0.25) is 9.59 Å². The van der Waals surface area contributed by atoms with Crippen LogP contribution in [0.4, 0.5) is 10.1 Å². The zero-order valence-electron chi connectivity index (χ0n) is 14.2. The summed E-state index contributed by atoms with van der Waals surface area (Å²) in [6, 6.07) is 2.62. The lowest BCUT2D eigenvalue weighted by Gasteiger charge is -2.15. The fraction of sp³-hybridized carbons (Fsp3) is 0.529. The second-order valence-corrected chi connectivity index (χ2v) is 6.83. The number of amides is 1. The van der Waals surface area contributed by atoms with E-state index in [0.717, 1.165) is 18.9 Å². The number of hydrogen-bond donors (Lipinski definition) is 1. The number of thioether (sulfide) groups is 1. The van der Waals surface area contributed by atoms with Crippen molar-refractivity contribution < 1.29 is 18.7 Å². The van der Waals surface area contributed by atoms with Crippen LogP contribution in [0.1, 0.15) is 46.5 Å². The van der Waals surface area contributed by atoms with Gasteiger partial charge in [-0.05, 0) is 31.9 Å². The minimum atomic E-state index is -0.599. The Labute approximate surface area is 151 Å². The minimum absolute atomic E-state index is 0.0710. The maximum atomic E-state index is 14.0. The summed E-state index contributed by atoms with van der Waals surface area (Å²) in [5.41, 5.74) is 0.0710. The summed E-state index contributed by atoms with van der Waals surface area (Å²) in [6.07, 6.45) is 2.51. The number of anilines is 1. The topological polar surface area (TPSA) is 55.4 Å². The highest BCUT2D eigenvalue weighted by Gasteiger charge is 2.21. The van der Waals surface area contributed by atoms with Gasteiger partial charge >= 0.3 is 5.97 Å². The van der Waals surface area contributed by atoms with Crippen LogP contribution in [0.5, 0.6) is 0 Å². The van der Waals surface area contributed by atoms with E-state index in [9.17, 15) is 14.0 Å². The number of hydrogen-bond acceptors (Lipinski definition) is 4. The molecule has 0 aliphatic carbocycles. The van der Waals surface area contributed by atoms with Crippen LogP contribution in [0.25, 0.3) is 0 Å². The Morgan fingerprint density at radius 3 is 2.62 bits per heavy atom. The molecule has 1 aromatic carbocycles. The Morgan fingerprint density at radius 2 is 2.04 bits per heavy atom. The Morgan fingerprint density at radius 1 is 1.33 bits per heavy atom. The lowest BCUT2D eigenvalue weighted by atomic mass is 10.2. The second kappa shape index (κ2) is 10.6. The molecule has 0 aromatic heterocycles. The maximum absolute atomic E-state index is 14.0. The minimum Gasteiger partial charge on any atom is -0.465 e. The molecule has 0 bridgehead atoms. The molecule has 0 aliphatic heterocycles. The van der Waals surface area contributed by atoms with Crippen LogP contribution >= 0.6 is 23.4 Å². The van der Waals surface area contributed by atoms with Crippen molar-refractivity contribution in [2.75, 3.05) is 11.9 Å². The van der Waals surface area contributed by atoms with E-state index in [1.54, 1.807) is 6.92 Å². The van der Waals surface area contributed by atoms with Gasteiger partial charge in [0.1, 0.15) is 11.1 Å². The van der Waals surface area contributed by atoms with Crippen molar-refractivity contribution in [1.82, 2.24) is 0 Å². The van der Waals surface area contributed by atoms with Crippen molar-refractivity contribution >= 4 is 40.9 Å². The fourth-order valence-corrected chi connectivity index (χ4v) is 3.23. The lowest BCUT2D eigenvalue weighted by molar-refractivity contribution is -0.142. The number of rotatable bonds is 9. The summed E-state index contributed by atoms with van der Waals surface area (Å²) < 4.78 is 19.0. The predicted octanol–water partition coefficient (Wildman–Crippen LogP) is 5.04. The zero-order chi connectivity index (χ0) is 18.1. The number of carbonyl (C=O) groups excluding carboxylic acids is 2. The molecule has 1 amide bonds. The van der Waals surface area contributed by atoms with Gasteiger partial charge < -0.3 is 10.1 Å². The standard InChI is InChI=1S/C17H23ClFNO3S/c1-4-7-8-16(21)20-13-10-15(11(18)9-12(13)19)24-14(5-2)17(22)23-6-3/h9-10,14H,4-8H2,1-3H3,(H,20,21). The first-order valence-corrected chi connectivity index (χ1v) is 9.30. The van der Waals surface area contributed by atoms with Gasteiger partial charge in [0.25, 0.3) is 0 Å². The molecule has 134 valence electrons. The number of halogens is 2. The fourth-order valence-electron chi connectivity index (χ4n) is 1.95. The van der Waals surface area contributed by atoms with Crippen LogP contribution in [0.2, 0.25) is 5.02 Å². The second-order valence-electron chi connectivity index (χ2n) is 5.18. The third kappa shape index (κ3) is 6.32. The van der Waals surface area contributed by atoms with E-state index in [1.165, 1.54) is 17.8 Å². The van der Waals surface area contributed by atoms with Crippen LogP contribution in [0, 0.1) is 5.82 Å². The number of carbonyl (C=O) groups is 2. The van der Waals surface area contributed by atoms with Gasteiger partial charge in [0, 0.05) is 11.3 Å². The molecule has 0 spiro atoms. The van der Waals surface area contributed by atoms with Gasteiger partial charge in [-0.15, -0.1) is 11.8 Å². The zero-order valence-corrected chi connectivity index (χ0v) is 15.7. The Hall–Kier alpha value is -1.27. The summed E-state index contributed by atoms with van der Waals surface area (Å²) >= 11 is 7.29. The number of nitrogens with one attached hydrogen (secondary N) is 1. The largest absolute Gasteiger partial charge is 0.465 e. The number of unbranched alkanes of at least 4 members (excludes halogenated alkanes) is 1. The van der Waals surface area contributed by atoms with Gasteiger partial charge in [-0.25, -0.2) is 4.39 Å². The highest BCUT2D eigenvalue weighted by atomic mass is 35.5. The van der Waals surface area contributed by atoms with E-state index in [4.69, 9.17) is 16.3 Å². The molecule has 0 saturated carbocycles. The molecule has 24 heavy (non-hydrogen) atoms. The molecular formula is C17H23ClFNO3S. The first kappa shape index (κ1) is 20.8. The molecule has 1 aromatic rings. The molecule has 4 nitrogen and oxygen atoms in total. The number of esters is 1. The first-order valence-electron chi connectivity index (χ1n) is 8.05. The van der Waals surface area contributed by atoms with Gasteiger partial charge in [0.15, 0.2) is 0 Å². The average Bonchev–Trinajstić information content (AvgIpc) is 2.54. The van der Waals surface area contributed by atoms with E-state index < -0.39 is 11.1 Å². The molecule has 0 saturated heterocycles. The van der Waals surface area contributed by atoms with Gasteiger partial charge in [0.2, 0.25) is 5.91 Å². The van der Waals surface area contributed by atoms with Gasteiger partial charge in [0.05, 0.1) is 17.3 Å². The molecule has 1 unspecified atom stereocenters. The van der Waals surface area contributed by atoms with Crippen LogP contribution in [-0.4, -0.2) is 23.7 Å². The lowest BCUT2D eigenvalue weighted by Crippen LogP contribution is -2.19. The van der Waals surface area contributed by atoms with E-state index >= 15 is 0 Å². The Balaban J connectivity index is 2.93. The van der Waals surface area contributed by atoms with Gasteiger partial charge in [-0.1, -0.05) is 31.9 Å². The van der Waals surface area contributed by atoms with Crippen molar-refractivity contribution in [2.45, 2.75) is 56.6 Å². The molecule has 0 aliphatic rings. The molecule has 1 atom stereocenters. The molecule has 1 N–H and O–H groups in total. The third-order valence-electron chi connectivity index (χ3n) is 3.24. The quantitative estimate of drug-likeness (QED) is 0.485.